The topological polar surface area (TPSA) is 0 Å². The smallest absolute Gasteiger partial charge is 0.0377 e. The monoisotopic (exact) mass is 1750 g/mol. The molecule has 10 bridgehead atoms. The zero-order valence-corrected chi connectivity index (χ0v) is 80.7. The number of unbranched alkanes of at least 4 members (excludes halogenated alkanes) is 25. The summed E-state index contributed by atoms with van der Waals surface area (Å²) in [5.74, 6) is 0. The van der Waals surface area contributed by atoms with E-state index in [1.165, 1.54) is 417 Å². The minimum atomic E-state index is 0. The van der Waals surface area contributed by atoms with Gasteiger partial charge in [0.25, 0.3) is 0 Å². The van der Waals surface area contributed by atoms with Crippen LogP contribution in [0.4, 0.5) is 23.5 Å². The molecule has 120 heavy (non-hydrogen) atoms. The quantitative estimate of drug-likeness (QED) is 0.0271. The van der Waals surface area contributed by atoms with Crippen LogP contribution in [0.1, 0.15) is 480 Å². The lowest BCUT2D eigenvalue weighted by Crippen LogP contribution is -2.44. The molecule has 20 rings (SSSR count). The van der Waals surface area contributed by atoms with Crippen LogP contribution in [0, 0.1) is 27.1 Å². The number of benzene rings is 5. The number of hydrogen-bond acceptors (Lipinski definition) is 0. The van der Waals surface area contributed by atoms with Gasteiger partial charge < -0.3 is 0 Å². The summed E-state index contributed by atoms with van der Waals surface area (Å²) in [6, 6.07) is 44.5. The Balaban J connectivity index is 0.000000230. The first kappa shape index (κ1) is 106. The van der Waals surface area contributed by atoms with Crippen molar-refractivity contribution in [3.63, 3.8) is 0 Å². The predicted molar refractivity (Wildman–Crippen MR) is 523 cm³/mol. The minimum Gasteiger partial charge on any atom is -0.269 e. The molecule has 15 aliphatic carbocycles. The van der Waals surface area contributed by atoms with E-state index in [1.54, 1.807) is 27.8 Å². The van der Waals surface area contributed by atoms with E-state index in [9.17, 15) is 0 Å². The summed E-state index contributed by atoms with van der Waals surface area (Å²) in [5.41, 5.74) is 13.9. The van der Waals surface area contributed by atoms with E-state index in [0.29, 0.717) is 54.1 Å². The highest BCUT2D eigenvalue weighted by Gasteiger charge is 2.53. The fraction of sp³-hybridized carbons (Fsp3) is 0.727. The molecule has 0 aromatic heterocycles. The fourth-order valence-electron chi connectivity index (χ4n) is 25.8. The van der Waals surface area contributed by atoms with Gasteiger partial charge in [-0.05, 0) is 367 Å². The van der Waals surface area contributed by atoms with Crippen molar-refractivity contribution in [3.8, 4) is 0 Å². The summed E-state index contributed by atoms with van der Waals surface area (Å²) < 4.78 is 0. The first-order chi connectivity index (χ1) is 55.9. The van der Waals surface area contributed by atoms with Crippen LogP contribution in [0.5, 0.6) is 0 Å². The van der Waals surface area contributed by atoms with Crippen molar-refractivity contribution in [1.82, 2.24) is 0 Å². The SMILES string of the molecule is CCCCCCCCC12CCC(c3ccc([S])cc3)(CC1)CC2.CCCCCCCCC12CCC(c3ccc([S])cc3)(CC1)CC2.CCCCCCCCC12CCC(c3ccc([S])cc3)(CC1)CC2.CCCCCCCCC12CCC(c3ccc([S])cc3)(CC1)CC2.CCCCCCCCC12CCC(c3ccc([S])cc3)(CC1)CC2.F.F.F.F.F. The average molecular weight is 1750 g/mol. The van der Waals surface area contributed by atoms with E-state index in [4.69, 9.17) is 63.1 Å². The lowest BCUT2D eigenvalue weighted by molar-refractivity contribution is 0.0304. The van der Waals surface area contributed by atoms with Gasteiger partial charge in [0.15, 0.2) is 0 Å². The van der Waals surface area contributed by atoms with E-state index in [1.807, 2.05) is 0 Å². The Kier molecular flexibility index (Phi) is 45.5. The van der Waals surface area contributed by atoms with Gasteiger partial charge in [-0.1, -0.05) is 351 Å². The molecule has 15 fully saturated rings. The van der Waals surface area contributed by atoms with Gasteiger partial charge in [0, 0.05) is 24.5 Å². The molecule has 0 amide bonds. The molecule has 5 aromatic carbocycles. The normalized spacial score (nSPS) is 28.5. The molecule has 15 saturated carbocycles. The minimum absolute atomic E-state index is 0. The Hall–Kier alpha value is -3.15. The third-order valence-corrected chi connectivity index (χ3v) is 36.0. The lowest BCUT2D eigenvalue weighted by Gasteiger charge is -2.54. The van der Waals surface area contributed by atoms with Crippen molar-refractivity contribution in [2.24, 2.45) is 27.1 Å². The van der Waals surface area contributed by atoms with E-state index in [-0.39, 0.29) is 23.5 Å². The highest BCUT2D eigenvalue weighted by Crippen LogP contribution is 2.65. The molecule has 675 valence electrons. The Labute approximate surface area is 760 Å². The summed E-state index contributed by atoms with van der Waals surface area (Å²) >= 11 is 26.3. The van der Waals surface area contributed by atoms with Crippen LogP contribution in [0.2, 0.25) is 0 Å². The summed E-state index contributed by atoms with van der Waals surface area (Å²) in [5, 5.41) is 0. The summed E-state index contributed by atoms with van der Waals surface area (Å²) in [6.07, 6.45) is 94.0. The second-order valence-corrected chi connectivity index (χ2v) is 44.0. The first-order valence-electron chi connectivity index (χ1n) is 49.8. The molecule has 10 heteroatoms. The van der Waals surface area contributed by atoms with Gasteiger partial charge in [-0.25, -0.2) is 0 Å². The maximum absolute atomic E-state index is 5.26. The molecular weight excluding hydrogens is 1580 g/mol. The summed E-state index contributed by atoms with van der Waals surface area (Å²) in [7, 11) is 0. The molecule has 0 heterocycles. The Morgan fingerprint density at radius 1 is 0.158 bits per heavy atom. The van der Waals surface area contributed by atoms with Crippen molar-refractivity contribution in [1.29, 1.82) is 0 Å². The highest BCUT2D eigenvalue weighted by atomic mass is 32.1. The Bertz CT molecular complexity index is 2890. The molecule has 5 aromatic rings. The van der Waals surface area contributed by atoms with Gasteiger partial charge in [0.05, 0.1) is 0 Å². The zero-order chi connectivity index (χ0) is 80.9. The molecule has 5 radical (unpaired) electrons. The van der Waals surface area contributed by atoms with E-state index >= 15 is 0 Å². The maximum atomic E-state index is 5.26. The van der Waals surface area contributed by atoms with Crippen molar-refractivity contribution in [3.05, 3.63) is 149 Å². The van der Waals surface area contributed by atoms with E-state index < -0.39 is 0 Å². The van der Waals surface area contributed by atoms with E-state index in [2.05, 4.69) is 156 Å². The predicted octanol–water partition coefficient (Wildman–Crippen LogP) is 38.7. The van der Waals surface area contributed by atoms with Crippen LogP contribution in [0.25, 0.3) is 0 Å². The molecule has 0 saturated heterocycles. The first-order valence-corrected chi connectivity index (χ1v) is 51.8. The Morgan fingerprint density at radius 2 is 0.267 bits per heavy atom. The van der Waals surface area contributed by atoms with E-state index in [0.717, 1.165) is 24.5 Å². The van der Waals surface area contributed by atoms with Crippen molar-refractivity contribution < 1.29 is 23.5 Å². The van der Waals surface area contributed by atoms with Crippen LogP contribution in [0.3, 0.4) is 0 Å². The van der Waals surface area contributed by atoms with Gasteiger partial charge >= 0.3 is 0 Å². The van der Waals surface area contributed by atoms with Crippen LogP contribution in [0.15, 0.2) is 146 Å². The molecule has 0 nitrogen and oxygen atoms in total. The van der Waals surface area contributed by atoms with Gasteiger partial charge in [-0.3, -0.25) is 23.5 Å². The zero-order valence-electron chi connectivity index (χ0n) is 76.6. The fourth-order valence-corrected chi connectivity index (χ4v) is 26.5. The van der Waals surface area contributed by atoms with Gasteiger partial charge in [0.2, 0.25) is 0 Å². The molecule has 0 N–H and O–H groups in total. The number of halogens is 5. The third kappa shape index (κ3) is 28.9. The number of fused-ring (bicyclic) bond motifs is 15. The highest BCUT2D eigenvalue weighted by molar-refractivity contribution is 7.81. The maximum Gasteiger partial charge on any atom is 0.0377 e. The third-order valence-electron chi connectivity index (χ3n) is 34.6. The molecular formula is C110H170F5S5. The van der Waals surface area contributed by atoms with Crippen LogP contribution < -0.4 is 0 Å². The van der Waals surface area contributed by atoms with Crippen molar-refractivity contribution >= 4 is 63.1 Å². The van der Waals surface area contributed by atoms with Crippen molar-refractivity contribution in [2.45, 2.75) is 504 Å². The van der Waals surface area contributed by atoms with Crippen LogP contribution in [-0.2, 0) is 27.1 Å². The van der Waals surface area contributed by atoms with Gasteiger partial charge in [0.1, 0.15) is 0 Å². The Morgan fingerprint density at radius 3 is 0.383 bits per heavy atom. The summed E-state index contributed by atoms with van der Waals surface area (Å²) in [6.45, 7) is 11.5. The van der Waals surface area contributed by atoms with Gasteiger partial charge in [-0.2, -0.15) is 0 Å². The van der Waals surface area contributed by atoms with Gasteiger partial charge in [-0.15, -0.1) is 0 Å². The molecule has 0 spiro atoms. The second-order valence-electron chi connectivity index (χ2n) is 41.6. The molecule has 15 aliphatic rings. The molecule has 0 aliphatic heterocycles. The van der Waals surface area contributed by atoms with Crippen LogP contribution >= 0.6 is 63.1 Å². The second kappa shape index (κ2) is 51.7. The van der Waals surface area contributed by atoms with Crippen molar-refractivity contribution in [2.75, 3.05) is 0 Å². The summed E-state index contributed by atoms with van der Waals surface area (Å²) in [4.78, 5) is 4.90. The number of rotatable bonds is 40. The van der Waals surface area contributed by atoms with Crippen LogP contribution in [-0.4, -0.2) is 0 Å². The largest absolute Gasteiger partial charge is 0.269 e. The molecule has 0 unspecified atom stereocenters. The molecule has 0 atom stereocenters. The lowest BCUT2D eigenvalue weighted by atomic mass is 9.51. The standard InChI is InChI=1S/5C22H33S.5FH/c5*1-2-3-4-5-6-7-12-21-13-16-22(17-14-21,18-15-21)19-8-10-20(23)11-9-19;;;;;/h5*8-11H,2-7,12-18H2,1H3;5*1H. The number of hydrogen-bond donors (Lipinski definition) is 0. The average Bonchev–Trinajstić information content (AvgIpc) is 0.776.